The van der Waals surface area contributed by atoms with Gasteiger partial charge in [0.2, 0.25) is 5.91 Å². The van der Waals surface area contributed by atoms with Crippen LogP contribution in [0, 0.1) is 0 Å². The fraction of sp³-hybridized carbons (Fsp3) is 0.500. The Morgan fingerprint density at radius 3 is 2.38 bits per heavy atom. The molecule has 0 aromatic heterocycles. The van der Waals surface area contributed by atoms with Gasteiger partial charge in [-0.2, -0.15) is 0 Å². The van der Waals surface area contributed by atoms with Gasteiger partial charge in [-0.3, -0.25) is 9.59 Å². The molecular weight excluding hydrogens is 288 g/mol. The first-order chi connectivity index (χ1) is 10.0. The minimum atomic E-state index is -0.149. The van der Waals surface area contributed by atoms with Gasteiger partial charge in [-0.1, -0.05) is 31.4 Å². The number of hydrogen-bond donors (Lipinski definition) is 1. The molecule has 0 unspecified atom stereocenters. The Morgan fingerprint density at radius 2 is 1.81 bits per heavy atom. The highest BCUT2D eigenvalue weighted by Gasteiger charge is 2.09. The summed E-state index contributed by atoms with van der Waals surface area (Å²) < 4.78 is 0. The van der Waals surface area contributed by atoms with Crippen LogP contribution >= 0.6 is 11.6 Å². The average Bonchev–Trinajstić information content (AvgIpc) is 2.46. The minimum Gasteiger partial charge on any atom is -0.350 e. The number of amides is 2. The van der Waals surface area contributed by atoms with Crippen LogP contribution in [0.4, 0.5) is 0 Å². The van der Waals surface area contributed by atoms with Gasteiger partial charge in [0, 0.05) is 37.1 Å². The molecule has 0 atom stereocenters. The van der Waals surface area contributed by atoms with Gasteiger partial charge < -0.3 is 10.2 Å². The van der Waals surface area contributed by atoms with Crippen molar-refractivity contribution in [3.05, 3.63) is 34.9 Å². The SMILES string of the molecule is CCCCCN(CCNC(=O)c1ccc(Cl)cc1)C(C)=O. The van der Waals surface area contributed by atoms with Crippen LogP contribution in [0.2, 0.25) is 5.02 Å². The van der Waals surface area contributed by atoms with Crippen LogP contribution in [-0.2, 0) is 4.79 Å². The van der Waals surface area contributed by atoms with Crippen molar-refractivity contribution in [3.8, 4) is 0 Å². The summed E-state index contributed by atoms with van der Waals surface area (Å²) in [6.07, 6.45) is 3.24. The highest BCUT2D eigenvalue weighted by atomic mass is 35.5. The van der Waals surface area contributed by atoms with E-state index in [1.165, 1.54) is 0 Å². The number of rotatable bonds is 8. The highest BCUT2D eigenvalue weighted by Crippen LogP contribution is 2.09. The minimum absolute atomic E-state index is 0.0480. The lowest BCUT2D eigenvalue weighted by molar-refractivity contribution is -0.128. The van der Waals surface area contributed by atoms with Crippen LogP contribution in [0.5, 0.6) is 0 Å². The summed E-state index contributed by atoms with van der Waals surface area (Å²) in [4.78, 5) is 25.2. The molecular formula is C16H23ClN2O2. The van der Waals surface area contributed by atoms with Gasteiger partial charge in [-0.05, 0) is 30.7 Å². The van der Waals surface area contributed by atoms with Gasteiger partial charge in [-0.25, -0.2) is 0 Å². The lowest BCUT2D eigenvalue weighted by Gasteiger charge is -2.21. The molecule has 0 bridgehead atoms. The Morgan fingerprint density at radius 1 is 1.14 bits per heavy atom. The first-order valence-corrected chi connectivity index (χ1v) is 7.71. The molecule has 0 aliphatic rings. The van der Waals surface area contributed by atoms with Crippen molar-refractivity contribution in [3.63, 3.8) is 0 Å². The summed E-state index contributed by atoms with van der Waals surface area (Å²) in [6, 6.07) is 6.73. The van der Waals surface area contributed by atoms with E-state index in [1.54, 1.807) is 36.1 Å². The molecule has 0 spiro atoms. The van der Waals surface area contributed by atoms with Gasteiger partial charge in [0.25, 0.3) is 5.91 Å². The lowest BCUT2D eigenvalue weighted by Crippen LogP contribution is -2.38. The standard InChI is InChI=1S/C16H23ClN2O2/c1-3-4-5-11-19(13(2)20)12-10-18-16(21)14-6-8-15(17)9-7-14/h6-9H,3-5,10-12H2,1-2H3,(H,18,21). The molecule has 116 valence electrons. The maximum atomic E-state index is 11.9. The Hall–Kier alpha value is -1.55. The van der Waals surface area contributed by atoms with Gasteiger partial charge in [-0.15, -0.1) is 0 Å². The summed E-state index contributed by atoms with van der Waals surface area (Å²) in [5, 5.41) is 3.42. The van der Waals surface area contributed by atoms with Crippen molar-refractivity contribution in [1.29, 1.82) is 0 Å². The first kappa shape index (κ1) is 17.5. The molecule has 5 heteroatoms. The molecule has 0 saturated carbocycles. The number of nitrogens with zero attached hydrogens (tertiary/aromatic N) is 1. The fourth-order valence-corrected chi connectivity index (χ4v) is 2.11. The number of benzene rings is 1. The summed E-state index contributed by atoms with van der Waals surface area (Å²) in [6.45, 7) is 5.43. The van der Waals surface area contributed by atoms with Crippen LogP contribution in [0.15, 0.2) is 24.3 Å². The normalized spacial score (nSPS) is 10.2. The Labute approximate surface area is 131 Å². The van der Waals surface area contributed by atoms with E-state index in [0.717, 1.165) is 25.8 Å². The van der Waals surface area contributed by atoms with E-state index in [2.05, 4.69) is 12.2 Å². The zero-order chi connectivity index (χ0) is 15.7. The Balaban J connectivity index is 2.37. The van der Waals surface area contributed by atoms with Crippen molar-refractivity contribution in [2.75, 3.05) is 19.6 Å². The van der Waals surface area contributed by atoms with Crippen LogP contribution < -0.4 is 5.32 Å². The zero-order valence-electron chi connectivity index (χ0n) is 12.7. The third-order valence-corrected chi connectivity index (χ3v) is 3.50. The maximum Gasteiger partial charge on any atom is 0.251 e. The molecule has 1 N–H and O–H groups in total. The van der Waals surface area contributed by atoms with Crippen LogP contribution in [0.1, 0.15) is 43.5 Å². The molecule has 0 radical (unpaired) electrons. The van der Waals surface area contributed by atoms with E-state index in [0.29, 0.717) is 23.7 Å². The van der Waals surface area contributed by atoms with E-state index < -0.39 is 0 Å². The molecule has 2 amide bonds. The molecule has 0 saturated heterocycles. The molecule has 1 aromatic carbocycles. The van der Waals surface area contributed by atoms with Crippen molar-refractivity contribution in [2.24, 2.45) is 0 Å². The molecule has 4 nitrogen and oxygen atoms in total. The predicted octanol–water partition coefficient (Wildman–Crippen LogP) is 3.11. The predicted molar refractivity (Wildman–Crippen MR) is 85.6 cm³/mol. The number of unbranched alkanes of at least 4 members (excludes halogenated alkanes) is 2. The van der Waals surface area contributed by atoms with Crippen LogP contribution in [0.3, 0.4) is 0 Å². The summed E-state index contributed by atoms with van der Waals surface area (Å²) >= 11 is 5.78. The van der Waals surface area contributed by atoms with Crippen molar-refractivity contribution in [2.45, 2.75) is 33.1 Å². The number of hydrogen-bond acceptors (Lipinski definition) is 2. The number of halogens is 1. The molecule has 0 aliphatic carbocycles. The van der Waals surface area contributed by atoms with E-state index in [9.17, 15) is 9.59 Å². The van der Waals surface area contributed by atoms with Crippen LogP contribution in [0.25, 0.3) is 0 Å². The number of carbonyl (C=O) groups is 2. The topological polar surface area (TPSA) is 49.4 Å². The third kappa shape index (κ3) is 6.63. The summed E-state index contributed by atoms with van der Waals surface area (Å²) in [5.74, 6) is -0.101. The second kappa shape index (κ2) is 9.40. The summed E-state index contributed by atoms with van der Waals surface area (Å²) in [5.41, 5.74) is 0.569. The quantitative estimate of drug-likeness (QED) is 0.750. The second-order valence-corrected chi connectivity index (χ2v) is 5.41. The third-order valence-electron chi connectivity index (χ3n) is 3.25. The van der Waals surface area contributed by atoms with Crippen molar-refractivity contribution >= 4 is 23.4 Å². The molecule has 0 fully saturated rings. The van der Waals surface area contributed by atoms with Gasteiger partial charge in [0.1, 0.15) is 0 Å². The van der Waals surface area contributed by atoms with E-state index in [-0.39, 0.29) is 11.8 Å². The molecule has 0 aliphatic heterocycles. The van der Waals surface area contributed by atoms with Gasteiger partial charge in [0.15, 0.2) is 0 Å². The van der Waals surface area contributed by atoms with Crippen molar-refractivity contribution in [1.82, 2.24) is 10.2 Å². The fourth-order valence-electron chi connectivity index (χ4n) is 1.99. The number of carbonyl (C=O) groups excluding carboxylic acids is 2. The Kier molecular flexibility index (Phi) is 7.83. The molecule has 21 heavy (non-hydrogen) atoms. The lowest BCUT2D eigenvalue weighted by atomic mass is 10.2. The van der Waals surface area contributed by atoms with Gasteiger partial charge in [0.05, 0.1) is 0 Å². The molecule has 0 heterocycles. The van der Waals surface area contributed by atoms with E-state index in [4.69, 9.17) is 11.6 Å². The van der Waals surface area contributed by atoms with E-state index >= 15 is 0 Å². The smallest absolute Gasteiger partial charge is 0.251 e. The second-order valence-electron chi connectivity index (χ2n) is 4.98. The largest absolute Gasteiger partial charge is 0.350 e. The molecule has 1 rings (SSSR count). The Bertz CT molecular complexity index is 460. The maximum absolute atomic E-state index is 11.9. The van der Waals surface area contributed by atoms with Crippen LogP contribution in [-0.4, -0.2) is 36.3 Å². The monoisotopic (exact) mass is 310 g/mol. The summed E-state index contributed by atoms with van der Waals surface area (Å²) in [7, 11) is 0. The first-order valence-electron chi connectivity index (χ1n) is 7.34. The van der Waals surface area contributed by atoms with Gasteiger partial charge >= 0.3 is 0 Å². The number of nitrogens with one attached hydrogen (secondary N) is 1. The molecule has 1 aromatic rings. The zero-order valence-corrected chi connectivity index (χ0v) is 13.4. The van der Waals surface area contributed by atoms with E-state index in [1.807, 2.05) is 0 Å². The van der Waals surface area contributed by atoms with Crippen molar-refractivity contribution < 1.29 is 9.59 Å². The average molecular weight is 311 g/mol. The highest BCUT2D eigenvalue weighted by molar-refractivity contribution is 6.30.